The van der Waals surface area contributed by atoms with E-state index in [2.05, 4.69) is 35.2 Å². The summed E-state index contributed by atoms with van der Waals surface area (Å²) in [6.07, 6.45) is 6.54. The summed E-state index contributed by atoms with van der Waals surface area (Å²) in [5.74, 6) is 0.867. The van der Waals surface area contributed by atoms with Gasteiger partial charge < -0.3 is 9.69 Å². The Balaban J connectivity index is 1.39. The Morgan fingerprint density at radius 1 is 1.03 bits per heavy atom. The largest absolute Gasteiger partial charge is 0.324 e. The Labute approximate surface area is 190 Å². The second kappa shape index (κ2) is 10.5. The number of hydrogen-bond donors (Lipinski definition) is 0. The molecular formula is C26H32N2O2S. The average Bonchev–Trinajstić information content (AvgIpc) is 3.14. The molecule has 2 heterocycles. The minimum absolute atomic E-state index is 0.00920. The maximum atomic E-state index is 12.9. The molecule has 0 radical (unpaired) electrons. The number of benzene rings is 2. The number of aldehydes is 1. The maximum Gasteiger partial charge on any atom is 0.255 e. The van der Waals surface area contributed by atoms with Crippen LogP contribution in [0.2, 0.25) is 0 Å². The lowest BCUT2D eigenvalue weighted by molar-refractivity contribution is -0.112. The van der Waals surface area contributed by atoms with Crippen LogP contribution in [0.4, 0.5) is 0 Å². The molecule has 2 aromatic rings. The fourth-order valence-corrected chi connectivity index (χ4v) is 5.64. The van der Waals surface area contributed by atoms with E-state index in [0.717, 1.165) is 47.4 Å². The molecule has 0 aliphatic carbocycles. The van der Waals surface area contributed by atoms with Crippen molar-refractivity contribution in [2.45, 2.75) is 68.8 Å². The Hall–Kier alpha value is -2.11. The van der Waals surface area contributed by atoms with Gasteiger partial charge in [-0.1, -0.05) is 50.1 Å². The molecule has 0 saturated carbocycles. The lowest BCUT2D eigenvalue weighted by Gasteiger charge is -2.26. The second-order valence-corrected chi connectivity index (χ2v) is 9.67. The van der Waals surface area contributed by atoms with Gasteiger partial charge in [0.2, 0.25) is 0 Å². The molecule has 1 amide bonds. The minimum atomic E-state index is -0.324. The van der Waals surface area contributed by atoms with Crippen LogP contribution in [0.15, 0.2) is 47.4 Å². The summed E-state index contributed by atoms with van der Waals surface area (Å²) in [7, 11) is 0. The first kappa shape index (κ1) is 22.1. The lowest BCUT2D eigenvalue weighted by atomic mass is 10.1. The molecule has 1 fully saturated rings. The van der Waals surface area contributed by atoms with E-state index >= 15 is 0 Å². The summed E-state index contributed by atoms with van der Waals surface area (Å²) in [6.45, 7) is 6.07. The number of likely N-dealkylation sites (tertiary alicyclic amines) is 1. The minimum Gasteiger partial charge on any atom is -0.324 e. The standard InChI is InChI=1S/C26H32N2O2S/c1-2-7-22(18-29)28-17-24-23(26(28)30)8-6-9-25(24)31-19-21-12-10-20(11-13-21)16-27-14-4-3-5-15-27/h6,8-13,18,22H,2-5,7,14-17,19H2,1H3. The molecule has 0 aromatic heterocycles. The summed E-state index contributed by atoms with van der Waals surface area (Å²) < 4.78 is 0. The number of nitrogens with zero attached hydrogens (tertiary/aromatic N) is 2. The van der Waals surface area contributed by atoms with E-state index in [9.17, 15) is 9.59 Å². The molecular weight excluding hydrogens is 404 g/mol. The summed E-state index contributed by atoms with van der Waals surface area (Å²) in [5.41, 5.74) is 4.50. The highest BCUT2D eigenvalue weighted by Crippen LogP contribution is 2.35. The van der Waals surface area contributed by atoms with Gasteiger partial charge in [0.05, 0.1) is 6.04 Å². The monoisotopic (exact) mass is 436 g/mol. The number of fused-ring (bicyclic) bond motifs is 1. The molecule has 2 aliphatic heterocycles. The summed E-state index contributed by atoms with van der Waals surface area (Å²) in [6, 6.07) is 14.6. The number of carbonyl (C=O) groups excluding carboxylic acids is 2. The molecule has 5 heteroatoms. The number of carbonyl (C=O) groups is 2. The predicted molar refractivity (Wildman–Crippen MR) is 126 cm³/mol. The molecule has 0 bridgehead atoms. The van der Waals surface area contributed by atoms with Crippen LogP contribution in [0.1, 0.15) is 66.1 Å². The van der Waals surface area contributed by atoms with Crippen LogP contribution in [0.25, 0.3) is 0 Å². The normalized spacial score (nSPS) is 17.6. The average molecular weight is 437 g/mol. The van der Waals surface area contributed by atoms with Crippen molar-refractivity contribution in [3.8, 4) is 0 Å². The molecule has 2 aliphatic rings. The summed E-state index contributed by atoms with van der Waals surface area (Å²) >= 11 is 1.78. The third kappa shape index (κ3) is 5.21. The fraction of sp³-hybridized carbons (Fsp3) is 0.462. The molecule has 4 nitrogen and oxygen atoms in total. The van der Waals surface area contributed by atoms with E-state index in [-0.39, 0.29) is 11.9 Å². The number of hydrogen-bond acceptors (Lipinski definition) is 4. The van der Waals surface area contributed by atoms with Crippen molar-refractivity contribution in [1.29, 1.82) is 0 Å². The van der Waals surface area contributed by atoms with E-state index < -0.39 is 0 Å². The van der Waals surface area contributed by atoms with Gasteiger partial charge in [0.1, 0.15) is 6.29 Å². The van der Waals surface area contributed by atoms with Gasteiger partial charge in [-0.2, -0.15) is 0 Å². The third-order valence-electron chi connectivity index (χ3n) is 6.37. The zero-order valence-electron chi connectivity index (χ0n) is 18.4. The fourth-order valence-electron chi connectivity index (χ4n) is 4.60. The highest BCUT2D eigenvalue weighted by molar-refractivity contribution is 7.98. The molecule has 4 rings (SSSR count). The van der Waals surface area contributed by atoms with Crippen molar-refractivity contribution in [1.82, 2.24) is 9.80 Å². The number of piperidine rings is 1. The van der Waals surface area contributed by atoms with Gasteiger partial charge in [-0.15, -0.1) is 11.8 Å². The highest BCUT2D eigenvalue weighted by Gasteiger charge is 2.33. The first-order valence-electron chi connectivity index (χ1n) is 11.5. The van der Waals surface area contributed by atoms with E-state index in [1.165, 1.54) is 43.5 Å². The molecule has 2 aromatic carbocycles. The first-order valence-corrected chi connectivity index (χ1v) is 12.5. The lowest BCUT2D eigenvalue weighted by Crippen LogP contribution is -2.36. The molecule has 31 heavy (non-hydrogen) atoms. The zero-order valence-corrected chi connectivity index (χ0v) is 19.2. The van der Waals surface area contributed by atoms with Crippen LogP contribution in [-0.4, -0.2) is 41.1 Å². The van der Waals surface area contributed by atoms with Gasteiger partial charge in [-0.25, -0.2) is 0 Å². The van der Waals surface area contributed by atoms with Crippen LogP contribution in [0.5, 0.6) is 0 Å². The third-order valence-corrected chi connectivity index (χ3v) is 7.54. The zero-order chi connectivity index (χ0) is 21.6. The Morgan fingerprint density at radius 3 is 2.48 bits per heavy atom. The number of thioether (sulfide) groups is 1. The summed E-state index contributed by atoms with van der Waals surface area (Å²) in [4.78, 5) is 29.8. The number of amides is 1. The second-order valence-electron chi connectivity index (χ2n) is 8.65. The molecule has 0 spiro atoms. The van der Waals surface area contributed by atoms with E-state index in [0.29, 0.717) is 6.54 Å². The van der Waals surface area contributed by atoms with Gasteiger partial charge in [-0.3, -0.25) is 9.69 Å². The van der Waals surface area contributed by atoms with Gasteiger partial charge >= 0.3 is 0 Å². The molecule has 1 unspecified atom stereocenters. The SMILES string of the molecule is CCCC(C=O)N1Cc2c(SCc3ccc(CN4CCCCC4)cc3)cccc2C1=O. The maximum absolute atomic E-state index is 12.9. The first-order chi connectivity index (χ1) is 15.2. The van der Waals surface area contributed by atoms with Crippen LogP contribution in [0, 0.1) is 0 Å². The van der Waals surface area contributed by atoms with Crippen molar-refractivity contribution >= 4 is 24.0 Å². The van der Waals surface area contributed by atoms with Crippen molar-refractivity contribution in [2.24, 2.45) is 0 Å². The van der Waals surface area contributed by atoms with Gasteiger partial charge in [0, 0.05) is 29.3 Å². The highest BCUT2D eigenvalue weighted by atomic mass is 32.2. The van der Waals surface area contributed by atoms with Crippen molar-refractivity contribution in [3.63, 3.8) is 0 Å². The van der Waals surface area contributed by atoms with Crippen LogP contribution < -0.4 is 0 Å². The van der Waals surface area contributed by atoms with Crippen molar-refractivity contribution < 1.29 is 9.59 Å². The molecule has 164 valence electrons. The Bertz CT molecular complexity index is 906. The molecule has 1 saturated heterocycles. The Morgan fingerprint density at radius 2 is 1.77 bits per heavy atom. The van der Waals surface area contributed by atoms with Gasteiger partial charge in [0.25, 0.3) is 5.91 Å². The van der Waals surface area contributed by atoms with Crippen LogP contribution in [0.3, 0.4) is 0 Å². The van der Waals surface area contributed by atoms with E-state index in [1.807, 2.05) is 19.1 Å². The van der Waals surface area contributed by atoms with Gasteiger partial charge in [-0.05, 0) is 61.2 Å². The smallest absolute Gasteiger partial charge is 0.255 e. The Kier molecular flexibility index (Phi) is 7.46. The van der Waals surface area contributed by atoms with Crippen LogP contribution >= 0.6 is 11.8 Å². The number of rotatable bonds is 9. The van der Waals surface area contributed by atoms with Gasteiger partial charge in [0.15, 0.2) is 0 Å². The van der Waals surface area contributed by atoms with Crippen molar-refractivity contribution in [2.75, 3.05) is 13.1 Å². The van der Waals surface area contributed by atoms with E-state index in [4.69, 9.17) is 0 Å². The van der Waals surface area contributed by atoms with Crippen molar-refractivity contribution in [3.05, 3.63) is 64.7 Å². The summed E-state index contributed by atoms with van der Waals surface area (Å²) in [5, 5.41) is 0. The van der Waals surface area contributed by atoms with Crippen LogP contribution in [-0.2, 0) is 23.6 Å². The predicted octanol–water partition coefficient (Wildman–Crippen LogP) is 5.29. The quantitative estimate of drug-likeness (QED) is 0.396. The molecule has 1 atom stereocenters. The van der Waals surface area contributed by atoms with E-state index in [1.54, 1.807) is 16.7 Å². The topological polar surface area (TPSA) is 40.6 Å². The molecule has 0 N–H and O–H groups in total.